The van der Waals surface area contributed by atoms with E-state index in [-0.39, 0.29) is 5.91 Å². The molecule has 1 amide bonds. The van der Waals surface area contributed by atoms with Gasteiger partial charge in [-0.2, -0.15) is 0 Å². The summed E-state index contributed by atoms with van der Waals surface area (Å²) in [6.07, 6.45) is 2.48. The molecule has 1 heterocycles. The van der Waals surface area contributed by atoms with Gasteiger partial charge in [-0.05, 0) is 12.1 Å². The van der Waals surface area contributed by atoms with Crippen molar-refractivity contribution in [2.24, 2.45) is 0 Å². The fourth-order valence-corrected chi connectivity index (χ4v) is 2.56. The maximum atomic E-state index is 12.2. The number of hydrogen-bond acceptors (Lipinski definition) is 4. The van der Waals surface area contributed by atoms with Gasteiger partial charge in [0.2, 0.25) is 5.91 Å². The van der Waals surface area contributed by atoms with Crippen molar-refractivity contribution < 1.29 is 9.21 Å². The summed E-state index contributed by atoms with van der Waals surface area (Å²) in [5.41, 5.74) is 2.75. The van der Waals surface area contributed by atoms with E-state index in [1.54, 1.807) is 6.20 Å². The van der Waals surface area contributed by atoms with Crippen molar-refractivity contribution in [2.75, 3.05) is 24.3 Å². The highest BCUT2D eigenvalue weighted by molar-refractivity contribution is 5.94. The molecular weight excluding hydrogens is 314 g/mol. The van der Waals surface area contributed by atoms with Gasteiger partial charge in [0, 0.05) is 32.5 Å². The molecule has 5 nitrogen and oxygen atoms in total. The van der Waals surface area contributed by atoms with Gasteiger partial charge < -0.3 is 14.6 Å². The molecule has 1 aromatic heterocycles. The van der Waals surface area contributed by atoms with Gasteiger partial charge in [0.15, 0.2) is 11.7 Å². The Kier molecular flexibility index (Phi) is 5.14. The lowest BCUT2D eigenvalue weighted by Crippen LogP contribution is -2.16. The number of aryl methyl sites for hydroxylation is 1. The zero-order valence-electron chi connectivity index (χ0n) is 14.4. The molecule has 0 radical (unpaired) electrons. The number of nitrogens with one attached hydrogen (secondary N) is 1. The Hall–Kier alpha value is -3.08. The average Bonchev–Trinajstić information content (AvgIpc) is 3.10. The van der Waals surface area contributed by atoms with E-state index >= 15 is 0 Å². The van der Waals surface area contributed by atoms with Gasteiger partial charge in [-0.3, -0.25) is 4.79 Å². The second-order valence-electron chi connectivity index (χ2n) is 5.94. The van der Waals surface area contributed by atoms with Crippen LogP contribution in [0.1, 0.15) is 12.3 Å². The zero-order valence-corrected chi connectivity index (χ0v) is 14.4. The summed E-state index contributed by atoms with van der Waals surface area (Å²) in [5, 5.41) is 2.95. The minimum Gasteiger partial charge on any atom is -0.441 e. The Balaban J connectivity index is 1.59. The van der Waals surface area contributed by atoms with E-state index in [0.717, 1.165) is 16.9 Å². The molecule has 0 saturated carbocycles. The van der Waals surface area contributed by atoms with Crippen LogP contribution in [0.2, 0.25) is 0 Å². The first-order chi connectivity index (χ1) is 12.1. The standard InChI is InChI=1S/C20H21N3O2/c1-23(2)17-11-7-6-10-16(17)22-19(24)12-13-20-21-14-18(25-20)15-8-4-3-5-9-15/h3-11,14H,12-13H2,1-2H3,(H,22,24). The third-order valence-corrected chi connectivity index (χ3v) is 3.84. The van der Waals surface area contributed by atoms with E-state index in [2.05, 4.69) is 10.3 Å². The first kappa shape index (κ1) is 16.8. The van der Waals surface area contributed by atoms with Crippen molar-refractivity contribution in [3.63, 3.8) is 0 Å². The lowest BCUT2D eigenvalue weighted by molar-refractivity contribution is -0.116. The van der Waals surface area contributed by atoms with E-state index in [1.165, 1.54) is 0 Å². The van der Waals surface area contributed by atoms with Crippen LogP contribution in [0.4, 0.5) is 11.4 Å². The zero-order chi connectivity index (χ0) is 17.6. The van der Waals surface area contributed by atoms with Crippen LogP contribution in [0.15, 0.2) is 65.2 Å². The lowest BCUT2D eigenvalue weighted by atomic mass is 10.2. The molecule has 3 aromatic rings. The molecule has 2 aromatic carbocycles. The molecule has 0 aliphatic rings. The highest BCUT2D eigenvalue weighted by Crippen LogP contribution is 2.24. The van der Waals surface area contributed by atoms with Crippen molar-refractivity contribution in [1.29, 1.82) is 0 Å². The van der Waals surface area contributed by atoms with Gasteiger partial charge >= 0.3 is 0 Å². The molecule has 0 saturated heterocycles. The number of para-hydroxylation sites is 2. The maximum Gasteiger partial charge on any atom is 0.224 e. The topological polar surface area (TPSA) is 58.4 Å². The van der Waals surface area contributed by atoms with Gasteiger partial charge in [0.05, 0.1) is 17.6 Å². The van der Waals surface area contributed by atoms with Crippen LogP contribution in [0.5, 0.6) is 0 Å². The van der Waals surface area contributed by atoms with Crippen molar-refractivity contribution in [3.8, 4) is 11.3 Å². The Bertz CT molecular complexity index is 841. The number of carbonyl (C=O) groups excluding carboxylic acids is 1. The highest BCUT2D eigenvalue weighted by atomic mass is 16.4. The Morgan fingerprint density at radius 2 is 1.80 bits per heavy atom. The van der Waals surface area contributed by atoms with Crippen LogP contribution < -0.4 is 10.2 Å². The van der Waals surface area contributed by atoms with Crippen LogP contribution in [0, 0.1) is 0 Å². The quantitative estimate of drug-likeness (QED) is 0.740. The summed E-state index contributed by atoms with van der Waals surface area (Å²) in [6.45, 7) is 0. The number of benzene rings is 2. The highest BCUT2D eigenvalue weighted by Gasteiger charge is 2.11. The maximum absolute atomic E-state index is 12.2. The fraction of sp³-hybridized carbons (Fsp3) is 0.200. The number of rotatable bonds is 6. The summed E-state index contributed by atoms with van der Waals surface area (Å²) in [4.78, 5) is 18.5. The van der Waals surface area contributed by atoms with Crippen LogP contribution in [-0.2, 0) is 11.2 Å². The Labute approximate surface area is 147 Å². The second kappa shape index (κ2) is 7.66. The third kappa shape index (κ3) is 4.26. The number of oxazole rings is 1. The normalized spacial score (nSPS) is 10.5. The van der Waals surface area contributed by atoms with Gasteiger partial charge in [-0.1, -0.05) is 42.5 Å². The lowest BCUT2D eigenvalue weighted by Gasteiger charge is -2.17. The van der Waals surface area contributed by atoms with Crippen LogP contribution in [0.3, 0.4) is 0 Å². The molecule has 128 valence electrons. The summed E-state index contributed by atoms with van der Waals surface area (Å²) in [5.74, 6) is 1.22. The average molecular weight is 335 g/mol. The number of hydrogen-bond donors (Lipinski definition) is 1. The number of carbonyl (C=O) groups is 1. The predicted octanol–water partition coefficient (Wildman–Crippen LogP) is 3.98. The third-order valence-electron chi connectivity index (χ3n) is 3.84. The SMILES string of the molecule is CN(C)c1ccccc1NC(=O)CCc1ncc(-c2ccccc2)o1. The van der Waals surface area contributed by atoms with E-state index in [4.69, 9.17) is 4.42 Å². The van der Waals surface area contributed by atoms with Gasteiger partial charge in [-0.15, -0.1) is 0 Å². The molecular formula is C20H21N3O2. The van der Waals surface area contributed by atoms with E-state index in [1.807, 2.05) is 73.6 Å². The number of nitrogens with zero attached hydrogens (tertiary/aromatic N) is 2. The molecule has 0 spiro atoms. The van der Waals surface area contributed by atoms with Crippen LogP contribution in [0.25, 0.3) is 11.3 Å². The van der Waals surface area contributed by atoms with Crippen LogP contribution in [-0.4, -0.2) is 25.0 Å². The smallest absolute Gasteiger partial charge is 0.224 e. The molecule has 1 N–H and O–H groups in total. The summed E-state index contributed by atoms with van der Waals surface area (Å²) < 4.78 is 5.73. The monoisotopic (exact) mass is 335 g/mol. The summed E-state index contributed by atoms with van der Waals surface area (Å²) >= 11 is 0. The van der Waals surface area contributed by atoms with E-state index in [9.17, 15) is 4.79 Å². The minimum absolute atomic E-state index is 0.0613. The second-order valence-corrected chi connectivity index (χ2v) is 5.94. The molecule has 0 bridgehead atoms. The van der Waals surface area contributed by atoms with E-state index < -0.39 is 0 Å². The fourth-order valence-electron chi connectivity index (χ4n) is 2.56. The number of anilines is 2. The van der Waals surface area contributed by atoms with Gasteiger partial charge in [-0.25, -0.2) is 4.98 Å². The van der Waals surface area contributed by atoms with Crippen molar-refractivity contribution >= 4 is 17.3 Å². The van der Waals surface area contributed by atoms with E-state index in [0.29, 0.717) is 24.5 Å². The molecule has 0 unspecified atom stereocenters. The summed E-state index contributed by atoms with van der Waals surface area (Å²) in [7, 11) is 3.89. The first-order valence-electron chi connectivity index (χ1n) is 8.20. The molecule has 25 heavy (non-hydrogen) atoms. The Morgan fingerprint density at radius 3 is 2.56 bits per heavy atom. The predicted molar refractivity (Wildman–Crippen MR) is 99.7 cm³/mol. The summed E-state index contributed by atoms with van der Waals surface area (Å²) in [6, 6.07) is 17.5. The number of aromatic nitrogens is 1. The van der Waals surface area contributed by atoms with Crippen LogP contribution >= 0.6 is 0 Å². The molecule has 5 heteroatoms. The molecule has 0 atom stereocenters. The molecule has 0 aliphatic carbocycles. The number of amides is 1. The van der Waals surface area contributed by atoms with Gasteiger partial charge in [0.25, 0.3) is 0 Å². The van der Waals surface area contributed by atoms with Crippen molar-refractivity contribution in [1.82, 2.24) is 4.98 Å². The first-order valence-corrected chi connectivity index (χ1v) is 8.20. The minimum atomic E-state index is -0.0613. The molecule has 0 aliphatic heterocycles. The van der Waals surface area contributed by atoms with Crippen molar-refractivity contribution in [2.45, 2.75) is 12.8 Å². The van der Waals surface area contributed by atoms with Crippen molar-refractivity contribution in [3.05, 3.63) is 66.7 Å². The molecule has 3 rings (SSSR count). The largest absolute Gasteiger partial charge is 0.441 e. The molecule has 0 fully saturated rings. The van der Waals surface area contributed by atoms with Gasteiger partial charge in [0.1, 0.15) is 0 Å². The Morgan fingerprint density at radius 1 is 1.08 bits per heavy atom.